The summed E-state index contributed by atoms with van der Waals surface area (Å²) in [7, 11) is 1.71. The third-order valence-corrected chi connectivity index (χ3v) is 5.05. The maximum atomic E-state index is 6.16. The molecule has 0 aliphatic heterocycles. The monoisotopic (exact) mass is 290 g/mol. The van der Waals surface area contributed by atoms with Gasteiger partial charge in [0.2, 0.25) is 0 Å². The summed E-state index contributed by atoms with van der Waals surface area (Å²) < 4.78 is 5.22. The SMILES string of the molecule is CCN(CCc1ccc(OC)cc1)C1(CN)CCCCC1. The largest absolute Gasteiger partial charge is 0.497 e. The van der Waals surface area contributed by atoms with E-state index in [2.05, 4.69) is 24.0 Å². The van der Waals surface area contributed by atoms with Crippen LogP contribution in [0.15, 0.2) is 24.3 Å². The summed E-state index contributed by atoms with van der Waals surface area (Å²) in [6.07, 6.45) is 7.64. The zero-order valence-corrected chi connectivity index (χ0v) is 13.6. The van der Waals surface area contributed by atoms with Crippen molar-refractivity contribution in [3.63, 3.8) is 0 Å². The average molecular weight is 290 g/mol. The van der Waals surface area contributed by atoms with Crippen LogP contribution >= 0.6 is 0 Å². The summed E-state index contributed by atoms with van der Waals surface area (Å²) in [6.45, 7) is 5.25. The van der Waals surface area contributed by atoms with Crippen molar-refractivity contribution in [2.24, 2.45) is 5.73 Å². The Kier molecular flexibility index (Phi) is 6.07. The van der Waals surface area contributed by atoms with Crippen LogP contribution in [0.25, 0.3) is 0 Å². The van der Waals surface area contributed by atoms with E-state index in [0.29, 0.717) is 0 Å². The quantitative estimate of drug-likeness (QED) is 0.838. The molecular weight excluding hydrogens is 260 g/mol. The van der Waals surface area contributed by atoms with E-state index in [-0.39, 0.29) is 5.54 Å². The van der Waals surface area contributed by atoms with E-state index < -0.39 is 0 Å². The van der Waals surface area contributed by atoms with Gasteiger partial charge in [0.15, 0.2) is 0 Å². The molecule has 118 valence electrons. The maximum Gasteiger partial charge on any atom is 0.118 e. The lowest BCUT2D eigenvalue weighted by molar-refractivity contribution is 0.0629. The lowest BCUT2D eigenvalue weighted by Crippen LogP contribution is -2.55. The second kappa shape index (κ2) is 7.81. The average Bonchev–Trinajstić information content (AvgIpc) is 2.56. The Bertz CT molecular complexity index is 410. The summed E-state index contributed by atoms with van der Waals surface area (Å²) in [6, 6.07) is 8.43. The van der Waals surface area contributed by atoms with Gasteiger partial charge in [0.25, 0.3) is 0 Å². The second-order valence-corrected chi connectivity index (χ2v) is 6.17. The van der Waals surface area contributed by atoms with Crippen LogP contribution in [0.5, 0.6) is 5.75 Å². The van der Waals surface area contributed by atoms with Gasteiger partial charge in [-0.25, -0.2) is 0 Å². The molecule has 0 spiro atoms. The minimum Gasteiger partial charge on any atom is -0.497 e. The predicted molar refractivity (Wildman–Crippen MR) is 88.8 cm³/mol. The molecule has 2 N–H and O–H groups in total. The van der Waals surface area contributed by atoms with Crippen LogP contribution in [0, 0.1) is 0 Å². The first-order valence-electron chi connectivity index (χ1n) is 8.32. The molecule has 0 atom stereocenters. The minimum atomic E-state index is 0.249. The van der Waals surface area contributed by atoms with Gasteiger partial charge in [-0.2, -0.15) is 0 Å². The van der Waals surface area contributed by atoms with Gasteiger partial charge in [-0.15, -0.1) is 0 Å². The Morgan fingerprint density at radius 3 is 2.33 bits per heavy atom. The molecule has 0 aromatic heterocycles. The van der Waals surface area contributed by atoms with E-state index in [1.807, 2.05) is 12.1 Å². The number of methoxy groups -OCH3 is 1. The molecule has 0 amide bonds. The molecule has 1 fully saturated rings. The molecule has 0 bridgehead atoms. The van der Waals surface area contributed by atoms with E-state index >= 15 is 0 Å². The van der Waals surface area contributed by atoms with Gasteiger partial charge in [0.1, 0.15) is 5.75 Å². The van der Waals surface area contributed by atoms with Gasteiger partial charge >= 0.3 is 0 Å². The number of hydrogen-bond donors (Lipinski definition) is 1. The Morgan fingerprint density at radius 1 is 1.14 bits per heavy atom. The highest BCUT2D eigenvalue weighted by molar-refractivity contribution is 5.27. The fourth-order valence-electron chi connectivity index (χ4n) is 3.65. The molecule has 1 aromatic carbocycles. The van der Waals surface area contributed by atoms with Crippen LogP contribution in [-0.2, 0) is 6.42 Å². The first kappa shape index (κ1) is 16.3. The molecule has 0 heterocycles. The van der Waals surface area contributed by atoms with Crippen molar-refractivity contribution in [3.05, 3.63) is 29.8 Å². The van der Waals surface area contributed by atoms with Gasteiger partial charge in [-0.05, 0) is 43.5 Å². The van der Waals surface area contributed by atoms with Crippen LogP contribution < -0.4 is 10.5 Å². The van der Waals surface area contributed by atoms with Gasteiger partial charge in [0, 0.05) is 18.6 Å². The second-order valence-electron chi connectivity index (χ2n) is 6.17. The predicted octanol–water partition coefficient (Wildman–Crippen LogP) is 3.22. The van der Waals surface area contributed by atoms with Crippen molar-refractivity contribution in [3.8, 4) is 5.75 Å². The van der Waals surface area contributed by atoms with Crippen molar-refractivity contribution in [2.75, 3.05) is 26.7 Å². The standard InChI is InChI=1S/C18H30N2O/c1-3-20(18(15-19)12-5-4-6-13-18)14-11-16-7-9-17(21-2)10-8-16/h7-10H,3-6,11-15,19H2,1-2H3. The van der Waals surface area contributed by atoms with Crippen LogP contribution in [0.1, 0.15) is 44.6 Å². The molecule has 1 aliphatic carbocycles. The van der Waals surface area contributed by atoms with Crippen molar-refractivity contribution in [1.82, 2.24) is 4.90 Å². The zero-order valence-electron chi connectivity index (χ0n) is 13.6. The summed E-state index contributed by atoms with van der Waals surface area (Å²) >= 11 is 0. The van der Waals surface area contributed by atoms with Gasteiger partial charge in [-0.1, -0.05) is 38.3 Å². The Hall–Kier alpha value is -1.06. The van der Waals surface area contributed by atoms with Crippen LogP contribution in [0.2, 0.25) is 0 Å². The zero-order chi connectivity index (χ0) is 15.1. The van der Waals surface area contributed by atoms with E-state index in [9.17, 15) is 0 Å². The van der Waals surface area contributed by atoms with Crippen LogP contribution in [0.3, 0.4) is 0 Å². The van der Waals surface area contributed by atoms with Gasteiger partial charge < -0.3 is 10.5 Å². The highest BCUT2D eigenvalue weighted by Crippen LogP contribution is 2.33. The molecule has 0 unspecified atom stereocenters. The summed E-state index contributed by atoms with van der Waals surface area (Å²) in [5.74, 6) is 0.928. The highest BCUT2D eigenvalue weighted by Gasteiger charge is 2.35. The Balaban J connectivity index is 1.97. The first-order chi connectivity index (χ1) is 10.2. The van der Waals surface area contributed by atoms with Crippen molar-refractivity contribution >= 4 is 0 Å². The maximum absolute atomic E-state index is 6.16. The van der Waals surface area contributed by atoms with Crippen LogP contribution in [-0.4, -0.2) is 37.2 Å². The first-order valence-corrected chi connectivity index (χ1v) is 8.32. The van der Waals surface area contributed by atoms with E-state index in [1.165, 1.54) is 37.7 Å². The lowest BCUT2D eigenvalue weighted by Gasteiger charge is -2.46. The summed E-state index contributed by atoms with van der Waals surface area (Å²) in [5.41, 5.74) is 7.79. The molecule has 21 heavy (non-hydrogen) atoms. The topological polar surface area (TPSA) is 38.5 Å². The molecular formula is C18H30N2O. The number of ether oxygens (including phenoxy) is 1. The smallest absolute Gasteiger partial charge is 0.118 e. The molecule has 2 rings (SSSR count). The number of nitrogens with two attached hydrogens (primary N) is 1. The Morgan fingerprint density at radius 2 is 1.81 bits per heavy atom. The van der Waals surface area contributed by atoms with Crippen molar-refractivity contribution < 1.29 is 4.74 Å². The normalized spacial score (nSPS) is 17.9. The lowest BCUT2D eigenvalue weighted by atomic mass is 9.80. The van der Waals surface area contributed by atoms with Crippen molar-refractivity contribution in [1.29, 1.82) is 0 Å². The number of benzene rings is 1. The fraction of sp³-hybridized carbons (Fsp3) is 0.667. The van der Waals surface area contributed by atoms with E-state index in [0.717, 1.165) is 31.8 Å². The number of rotatable bonds is 7. The number of hydrogen-bond acceptors (Lipinski definition) is 3. The van der Waals surface area contributed by atoms with Gasteiger partial charge in [-0.3, -0.25) is 4.90 Å². The highest BCUT2D eigenvalue weighted by atomic mass is 16.5. The molecule has 1 saturated carbocycles. The molecule has 1 aliphatic rings. The van der Waals surface area contributed by atoms with E-state index in [4.69, 9.17) is 10.5 Å². The third-order valence-electron chi connectivity index (χ3n) is 5.05. The van der Waals surface area contributed by atoms with Crippen molar-refractivity contribution in [2.45, 2.75) is 51.0 Å². The van der Waals surface area contributed by atoms with Crippen LogP contribution in [0.4, 0.5) is 0 Å². The molecule has 3 heteroatoms. The molecule has 3 nitrogen and oxygen atoms in total. The third kappa shape index (κ3) is 3.98. The summed E-state index contributed by atoms with van der Waals surface area (Å²) in [4.78, 5) is 2.62. The molecule has 1 aromatic rings. The molecule has 0 radical (unpaired) electrons. The van der Waals surface area contributed by atoms with E-state index in [1.54, 1.807) is 7.11 Å². The van der Waals surface area contributed by atoms with Gasteiger partial charge in [0.05, 0.1) is 7.11 Å². The number of nitrogens with zero attached hydrogens (tertiary/aromatic N) is 1. The summed E-state index contributed by atoms with van der Waals surface area (Å²) in [5, 5.41) is 0. The molecule has 0 saturated heterocycles. The Labute approximate surface area is 129 Å². The number of likely N-dealkylation sites (N-methyl/N-ethyl adjacent to an activating group) is 1. The minimum absolute atomic E-state index is 0.249. The fourth-order valence-corrected chi connectivity index (χ4v) is 3.65.